The first-order valence-electron chi connectivity index (χ1n) is 7.96. The first-order chi connectivity index (χ1) is 12.1. The van der Waals surface area contributed by atoms with Gasteiger partial charge in [-0.3, -0.25) is 0 Å². The van der Waals surface area contributed by atoms with Crippen molar-refractivity contribution in [2.75, 3.05) is 20.0 Å². The fourth-order valence-corrected chi connectivity index (χ4v) is 2.97. The normalized spacial score (nSPS) is 11.2. The number of hydrogen-bond acceptors (Lipinski definition) is 4. The van der Waals surface area contributed by atoms with Gasteiger partial charge in [0.25, 0.3) is 0 Å². The number of nitrogen functional groups attached to an aromatic ring is 1. The summed E-state index contributed by atoms with van der Waals surface area (Å²) >= 11 is 0. The number of rotatable bonds is 5. The van der Waals surface area contributed by atoms with Crippen molar-refractivity contribution in [3.8, 4) is 11.5 Å². The van der Waals surface area contributed by atoms with E-state index in [1.54, 1.807) is 20.3 Å². The van der Waals surface area contributed by atoms with Crippen molar-refractivity contribution in [3.05, 3.63) is 89.5 Å². The molecule has 0 aliphatic heterocycles. The highest BCUT2D eigenvalue weighted by molar-refractivity contribution is 5.59. The average molecular weight is 335 g/mol. The monoisotopic (exact) mass is 335 g/mol. The van der Waals surface area contributed by atoms with Crippen LogP contribution in [0.1, 0.15) is 16.7 Å². The molecule has 0 radical (unpaired) electrons. The highest BCUT2D eigenvalue weighted by Gasteiger charge is 2.35. The van der Waals surface area contributed by atoms with E-state index in [9.17, 15) is 5.11 Å². The van der Waals surface area contributed by atoms with Gasteiger partial charge in [-0.25, -0.2) is 0 Å². The zero-order chi connectivity index (χ0) is 17.9. The van der Waals surface area contributed by atoms with Crippen LogP contribution in [0.4, 0.5) is 5.69 Å². The lowest BCUT2D eigenvalue weighted by atomic mass is 9.79. The first kappa shape index (κ1) is 16.9. The molecule has 0 heterocycles. The van der Waals surface area contributed by atoms with Crippen molar-refractivity contribution >= 4 is 5.69 Å². The van der Waals surface area contributed by atoms with Crippen LogP contribution in [-0.4, -0.2) is 19.3 Å². The highest BCUT2D eigenvalue weighted by atomic mass is 16.5. The van der Waals surface area contributed by atoms with Gasteiger partial charge >= 0.3 is 0 Å². The Hall–Kier alpha value is -2.98. The van der Waals surface area contributed by atoms with Gasteiger partial charge in [0.2, 0.25) is 0 Å². The molecule has 0 aliphatic rings. The minimum absolute atomic E-state index is 0.525. The maximum atomic E-state index is 11.8. The smallest absolute Gasteiger partial charge is 0.142 e. The molecule has 0 aliphatic carbocycles. The van der Waals surface area contributed by atoms with E-state index in [4.69, 9.17) is 15.2 Å². The van der Waals surface area contributed by atoms with Crippen molar-refractivity contribution in [1.29, 1.82) is 0 Å². The summed E-state index contributed by atoms with van der Waals surface area (Å²) in [6, 6.07) is 22.0. The van der Waals surface area contributed by atoms with Crippen LogP contribution in [0.25, 0.3) is 0 Å². The Bertz CT molecular complexity index is 794. The van der Waals surface area contributed by atoms with Gasteiger partial charge in [0.1, 0.15) is 17.1 Å². The summed E-state index contributed by atoms with van der Waals surface area (Å²) < 4.78 is 10.4. The molecule has 3 rings (SSSR count). The lowest BCUT2D eigenvalue weighted by molar-refractivity contribution is 0.126. The van der Waals surface area contributed by atoms with Gasteiger partial charge in [0.05, 0.1) is 14.2 Å². The van der Waals surface area contributed by atoms with E-state index in [-0.39, 0.29) is 0 Å². The van der Waals surface area contributed by atoms with Crippen molar-refractivity contribution in [1.82, 2.24) is 0 Å². The molecule has 0 spiro atoms. The summed E-state index contributed by atoms with van der Waals surface area (Å²) in [5.74, 6) is 1.45. The summed E-state index contributed by atoms with van der Waals surface area (Å²) in [5.41, 5.74) is 7.36. The molecule has 0 unspecified atom stereocenters. The lowest BCUT2D eigenvalue weighted by Crippen LogP contribution is -2.29. The third-order valence-electron chi connectivity index (χ3n) is 4.37. The highest BCUT2D eigenvalue weighted by Crippen LogP contribution is 2.40. The number of nitrogens with two attached hydrogens (primary N) is 1. The second-order valence-electron chi connectivity index (χ2n) is 5.75. The first-order valence-corrected chi connectivity index (χ1v) is 7.96. The standard InChI is InChI=1S/C21H21NO3/c1-24-17-11-7-15(8-12-17)21(23,19-5-3-4-6-20(19)22)16-9-13-18(25-2)14-10-16/h3-14,23H,22H2,1-2H3. The second kappa shape index (κ2) is 6.87. The Labute approximate surface area is 147 Å². The largest absolute Gasteiger partial charge is 0.497 e. The zero-order valence-corrected chi connectivity index (χ0v) is 14.3. The van der Waals surface area contributed by atoms with E-state index in [2.05, 4.69) is 0 Å². The molecule has 128 valence electrons. The number of aliphatic hydroxyl groups is 1. The number of para-hydroxylation sites is 1. The van der Waals surface area contributed by atoms with Crippen molar-refractivity contribution in [2.24, 2.45) is 0 Å². The maximum absolute atomic E-state index is 11.8. The molecule has 3 aromatic carbocycles. The van der Waals surface area contributed by atoms with E-state index in [0.29, 0.717) is 22.4 Å². The van der Waals surface area contributed by atoms with E-state index in [1.807, 2.05) is 66.7 Å². The summed E-state index contributed by atoms with van der Waals surface area (Å²) in [6.07, 6.45) is 0. The fourth-order valence-electron chi connectivity index (χ4n) is 2.97. The third-order valence-corrected chi connectivity index (χ3v) is 4.37. The van der Waals surface area contributed by atoms with Crippen LogP contribution < -0.4 is 15.2 Å². The Kier molecular flexibility index (Phi) is 4.63. The van der Waals surface area contributed by atoms with Crippen LogP contribution in [0.3, 0.4) is 0 Å². The summed E-state index contributed by atoms with van der Waals surface area (Å²) in [7, 11) is 3.22. The number of ether oxygens (including phenoxy) is 2. The van der Waals surface area contributed by atoms with Gasteiger partial charge in [0.15, 0.2) is 0 Å². The quantitative estimate of drug-likeness (QED) is 0.553. The molecule has 0 bridgehead atoms. The van der Waals surface area contributed by atoms with E-state index in [0.717, 1.165) is 11.5 Å². The SMILES string of the molecule is COc1ccc(C(O)(c2ccc(OC)cc2)c2ccccc2N)cc1. The minimum Gasteiger partial charge on any atom is -0.497 e. The van der Waals surface area contributed by atoms with E-state index < -0.39 is 5.60 Å². The second-order valence-corrected chi connectivity index (χ2v) is 5.75. The summed E-state index contributed by atoms with van der Waals surface area (Å²) in [5, 5.41) is 11.8. The number of anilines is 1. The van der Waals surface area contributed by atoms with Crippen molar-refractivity contribution in [3.63, 3.8) is 0 Å². The lowest BCUT2D eigenvalue weighted by Gasteiger charge is -2.31. The summed E-state index contributed by atoms with van der Waals surface area (Å²) in [4.78, 5) is 0. The van der Waals surface area contributed by atoms with Gasteiger partial charge in [-0.1, -0.05) is 42.5 Å². The molecule has 0 saturated carbocycles. The molecule has 0 saturated heterocycles. The molecule has 3 aromatic rings. The van der Waals surface area contributed by atoms with Crippen molar-refractivity contribution in [2.45, 2.75) is 5.60 Å². The molecular weight excluding hydrogens is 314 g/mol. The van der Waals surface area contributed by atoms with Crippen molar-refractivity contribution < 1.29 is 14.6 Å². The molecule has 0 amide bonds. The Balaban J connectivity index is 2.21. The summed E-state index contributed by atoms with van der Waals surface area (Å²) in [6.45, 7) is 0. The minimum atomic E-state index is -1.39. The van der Waals surface area contributed by atoms with Gasteiger partial charge in [-0.05, 0) is 41.5 Å². The number of hydrogen-bond donors (Lipinski definition) is 2. The molecular formula is C21H21NO3. The van der Waals surface area contributed by atoms with Crippen LogP contribution in [-0.2, 0) is 5.60 Å². The molecule has 25 heavy (non-hydrogen) atoms. The van der Waals surface area contributed by atoms with Gasteiger partial charge in [-0.15, -0.1) is 0 Å². The van der Waals surface area contributed by atoms with Gasteiger partial charge < -0.3 is 20.3 Å². The Morgan fingerprint density at radius 2 is 1.16 bits per heavy atom. The van der Waals surface area contributed by atoms with Gasteiger partial charge in [0, 0.05) is 11.3 Å². The number of benzene rings is 3. The molecule has 0 aromatic heterocycles. The molecule has 0 fully saturated rings. The third kappa shape index (κ3) is 3.04. The Morgan fingerprint density at radius 3 is 1.56 bits per heavy atom. The van der Waals surface area contributed by atoms with E-state index in [1.165, 1.54) is 0 Å². The van der Waals surface area contributed by atoms with Gasteiger partial charge in [-0.2, -0.15) is 0 Å². The zero-order valence-electron chi connectivity index (χ0n) is 14.3. The van der Waals surface area contributed by atoms with E-state index >= 15 is 0 Å². The maximum Gasteiger partial charge on any atom is 0.142 e. The average Bonchev–Trinajstić information content (AvgIpc) is 2.68. The molecule has 3 N–H and O–H groups in total. The van der Waals surface area contributed by atoms with Crippen LogP contribution in [0, 0.1) is 0 Å². The Morgan fingerprint density at radius 1 is 0.720 bits per heavy atom. The van der Waals surface area contributed by atoms with Crippen LogP contribution in [0.2, 0.25) is 0 Å². The predicted octanol–water partition coefficient (Wildman–Crippen LogP) is 3.57. The molecule has 4 nitrogen and oxygen atoms in total. The van der Waals surface area contributed by atoms with Crippen LogP contribution in [0.5, 0.6) is 11.5 Å². The fraction of sp³-hybridized carbons (Fsp3) is 0.143. The molecule has 4 heteroatoms. The predicted molar refractivity (Wildman–Crippen MR) is 98.9 cm³/mol. The number of methoxy groups -OCH3 is 2. The van der Waals surface area contributed by atoms with Crippen LogP contribution in [0.15, 0.2) is 72.8 Å². The van der Waals surface area contributed by atoms with Crippen LogP contribution >= 0.6 is 0 Å². The topological polar surface area (TPSA) is 64.7 Å². The molecule has 0 atom stereocenters.